The summed E-state index contributed by atoms with van der Waals surface area (Å²) in [4.78, 5) is 9.97. The van der Waals surface area contributed by atoms with E-state index >= 15 is 0 Å². The Balaban J connectivity index is 2.21. The first-order valence-electron chi connectivity index (χ1n) is 3.43. The zero-order valence-electron chi connectivity index (χ0n) is 6.23. The fourth-order valence-electron chi connectivity index (χ4n) is 0.716. The summed E-state index contributed by atoms with van der Waals surface area (Å²) in [7, 11) is 0. The van der Waals surface area contributed by atoms with Gasteiger partial charge in [0.05, 0.1) is 6.10 Å². The highest BCUT2D eigenvalue weighted by Gasteiger charge is 2.30. The number of rotatable bonds is 3. The Morgan fingerprint density at radius 1 is 1.55 bits per heavy atom. The molecular weight excluding hydrogens is 144 g/mol. The van der Waals surface area contributed by atoms with E-state index in [9.17, 15) is 4.79 Å². The summed E-state index contributed by atoms with van der Waals surface area (Å²) in [5.74, 6) is -0.931. The number of carboxylic acid groups (broad SMARTS) is 1. The highest BCUT2D eigenvalue weighted by molar-refractivity contribution is 5.80. The average molecular weight is 154 g/mol. The number of aliphatic carboxylic acids is 1. The molecule has 1 aliphatic heterocycles. The van der Waals surface area contributed by atoms with Crippen LogP contribution in [0.25, 0.3) is 0 Å². The van der Waals surface area contributed by atoms with Crippen molar-refractivity contribution in [3.05, 3.63) is 24.3 Å². The molecule has 60 valence electrons. The number of carbonyl (C=O) groups is 1. The Labute approximate surface area is 65.0 Å². The van der Waals surface area contributed by atoms with Gasteiger partial charge in [-0.1, -0.05) is 18.2 Å². The Morgan fingerprint density at radius 3 is 2.64 bits per heavy atom. The standard InChI is InChI=1S/C8H10O3/c1-6-7(11-6)4-2-3-5-8(9)10/h2-7H,1H3,(H,9,10)/b4-2+,5-3+. The van der Waals surface area contributed by atoms with Gasteiger partial charge in [0, 0.05) is 6.08 Å². The molecule has 3 nitrogen and oxygen atoms in total. The maximum absolute atomic E-state index is 9.97. The molecule has 1 fully saturated rings. The van der Waals surface area contributed by atoms with Crippen molar-refractivity contribution >= 4 is 5.97 Å². The first-order chi connectivity index (χ1) is 5.20. The quantitative estimate of drug-likeness (QED) is 0.374. The molecule has 3 heteroatoms. The number of epoxide rings is 1. The van der Waals surface area contributed by atoms with Crippen LogP contribution >= 0.6 is 0 Å². The van der Waals surface area contributed by atoms with Gasteiger partial charge in [-0.3, -0.25) is 0 Å². The molecule has 0 amide bonds. The summed E-state index contributed by atoms with van der Waals surface area (Å²) in [5.41, 5.74) is 0. The molecule has 0 aromatic heterocycles. The van der Waals surface area contributed by atoms with Gasteiger partial charge in [-0.25, -0.2) is 4.79 Å². The molecule has 0 aromatic carbocycles. The van der Waals surface area contributed by atoms with Crippen LogP contribution in [0.4, 0.5) is 0 Å². The van der Waals surface area contributed by atoms with Crippen LogP contribution in [0.15, 0.2) is 24.3 Å². The van der Waals surface area contributed by atoms with Crippen molar-refractivity contribution in [1.29, 1.82) is 0 Å². The smallest absolute Gasteiger partial charge is 0.328 e. The largest absolute Gasteiger partial charge is 0.478 e. The lowest BCUT2D eigenvalue weighted by Crippen LogP contribution is -1.85. The van der Waals surface area contributed by atoms with Gasteiger partial charge in [0.2, 0.25) is 0 Å². The first-order valence-corrected chi connectivity index (χ1v) is 3.43. The number of allylic oxidation sites excluding steroid dienone is 2. The Hall–Kier alpha value is -1.09. The van der Waals surface area contributed by atoms with Crippen molar-refractivity contribution in [1.82, 2.24) is 0 Å². The summed E-state index contributed by atoms with van der Waals surface area (Å²) in [5, 5.41) is 8.19. The van der Waals surface area contributed by atoms with Gasteiger partial charge in [0.1, 0.15) is 6.10 Å². The van der Waals surface area contributed by atoms with Crippen LogP contribution in [0.5, 0.6) is 0 Å². The van der Waals surface area contributed by atoms with E-state index in [-0.39, 0.29) is 6.10 Å². The SMILES string of the molecule is CC1OC1/C=C/C=C/C(=O)O. The molecule has 1 rings (SSSR count). The van der Waals surface area contributed by atoms with Crippen LogP contribution in [0.2, 0.25) is 0 Å². The highest BCUT2D eigenvalue weighted by Crippen LogP contribution is 2.21. The van der Waals surface area contributed by atoms with Gasteiger partial charge in [-0.05, 0) is 6.92 Å². The van der Waals surface area contributed by atoms with Crippen LogP contribution in [-0.2, 0) is 9.53 Å². The molecule has 2 atom stereocenters. The second-order valence-corrected chi connectivity index (χ2v) is 2.39. The van der Waals surface area contributed by atoms with E-state index in [1.165, 1.54) is 6.08 Å². The van der Waals surface area contributed by atoms with E-state index in [0.29, 0.717) is 6.10 Å². The molecule has 1 aliphatic rings. The lowest BCUT2D eigenvalue weighted by molar-refractivity contribution is -0.131. The number of hydrogen-bond acceptors (Lipinski definition) is 2. The van der Waals surface area contributed by atoms with Gasteiger partial charge in [-0.2, -0.15) is 0 Å². The van der Waals surface area contributed by atoms with Crippen LogP contribution in [0.3, 0.4) is 0 Å². The summed E-state index contributed by atoms with van der Waals surface area (Å²) < 4.78 is 5.06. The number of hydrogen-bond donors (Lipinski definition) is 1. The molecule has 1 saturated heterocycles. The predicted molar refractivity (Wildman–Crippen MR) is 40.3 cm³/mol. The van der Waals surface area contributed by atoms with Crippen molar-refractivity contribution in [3.8, 4) is 0 Å². The molecule has 1 heterocycles. The van der Waals surface area contributed by atoms with Crippen LogP contribution < -0.4 is 0 Å². The molecule has 1 N–H and O–H groups in total. The maximum Gasteiger partial charge on any atom is 0.328 e. The van der Waals surface area contributed by atoms with E-state index in [2.05, 4.69) is 0 Å². The zero-order chi connectivity index (χ0) is 8.27. The van der Waals surface area contributed by atoms with Crippen LogP contribution in [-0.4, -0.2) is 23.3 Å². The predicted octanol–water partition coefficient (Wildman–Crippen LogP) is 0.971. The molecule has 0 saturated carbocycles. The van der Waals surface area contributed by atoms with Gasteiger partial charge >= 0.3 is 5.97 Å². The lowest BCUT2D eigenvalue weighted by Gasteiger charge is -1.75. The summed E-state index contributed by atoms with van der Waals surface area (Å²) >= 11 is 0. The number of carboxylic acids is 1. The van der Waals surface area contributed by atoms with Gasteiger partial charge in [-0.15, -0.1) is 0 Å². The second kappa shape index (κ2) is 3.34. The fraction of sp³-hybridized carbons (Fsp3) is 0.375. The average Bonchev–Trinajstić information content (AvgIpc) is 2.59. The van der Waals surface area contributed by atoms with Gasteiger partial charge in [0.25, 0.3) is 0 Å². The Bertz CT molecular complexity index is 205. The molecule has 0 bridgehead atoms. The molecule has 2 unspecified atom stereocenters. The van der Waals surface area contributed by atoms with E-state index < -0.39 is 5.97 Å². The minimum absolute atomic E-state index is 0.188. The molecule has 0 aromatic rings. The van der Waals surface area contributed by atoms with E-state index in [1.54, 1.807) is 6.08 Å². The minimum atomic E-state index is -0.931. The minimum Gasteiger partial charge on any atom is -0.478 e. The van der Waals surface area contributed by atoms with Crippen molar-refractivity contribution in [2.45, 2.75) is 19.1 Å². The summed E-state index contributed by atoms with van der Waals surface area (Å²) in [6.07, 6.45) is 6.57. The van der Waals surface area contributed by atoms with E-state index in [1.807, 2.05) is 13.0 Å². The molecule has 0 radical (unpaired) electrons. The second-order valence-electron chi connectivity index (χ2n) is 2.39. The van der Waals surface area contributed by atoms with Crippen LogP contribution in [0, 0.1) is 0 Å². The Morgan fingerprint density at radius 2 is 2.18 bits per heavy atom. The van der Waals surface area contributed by atoms with Gasteiger partial charge in [0.15, 0.2) is 0 Å². The summed E-state index contributed by atoms with van der Waals surface area (Å²) in [6, 6.07) is 0. The molecule has 0 spiro atoms. The number of ether oxygens (including phenoxy) is 1. The third-order valence-corrected chi connectivity index (χ3v) is 1.41. The van der Waals surface area contributed by atoms with Crippen molar-refractivity contribution in [3.63, 3.8) is 0 Å². The van der Waals surface area contributed by atoms with Crippen molar-refractivity contribution < 1.29 is 14.6 Å². The van der Waals surface area contributed by atoms with Crippen LogP contribution in [0.1, 0.15) is 6.92 Å². The third-order valence-electron chi connectivity index (χ3n) is 1.41. The molecule has 0 aliphatic carbocycles. The topological polar surface area (TPSA) is 49.8 Å². The first kappa shape index (κ1) is 8.01. The highest BCUT2D eigenvalue weighted by atomic mass is 16.6. The molecule has 11 heavy (non-hydrogen) atoms. The van der Waals surface area contributed by atoms with Crippen molar-refractivity contribution in [2.75, 3.05) is 0 Å². The van der Waals surface area contributed by atoms with E-state index in [4.69, 9.17) is 9.84 Å². The third kappa shape index (κ3) is 3.00. The fourth-order valence-corrected chi connectivity index (χ4v) is 0.716. The normalized spacial score (nSPS) is 29.9. The Kier molecular flexibility index (Phi) is 2.44. The maximum atomic E-state index is 9.97. The summed E-state index contributed by atoms with van der Waals surface area (Å²) in [6.45, 7) is 1.97. The van der Waals surface area contributed by atoms with Crippen molar-refractivity contribution in [2.24, 2.45) is 0 Å². The lowest BCUT2D eigenvalue weighted by atomic mass is 10.3. The molecular formula is C8H10O3. The van der Waals surface area contributed by atoms with E-state index in [0.717, 1.165) is 6.08 Å². The van der Waals surface area contributed by atoms with Gasteiger partial charge < -0.3 is 9.84 Å². The monoisotopic (exact) mass is 154 g/mol. The zero-order valence-corrected chi connectivity index (χ0v) is 6.23.